The Kier molecular flexibility index (Phi) is 7.45. The second-order valence-electron chi connectivity index (χ2n) is 10.6. The van der Waals surface area contributed by atoms with Crippen LogP contribution in [0.3, 0.4) is 0 Å². The normalized spacial score (nSPS) is 13.3. The van der Waals surface area contributed by atoms with Gasteiger partial charge in [-0.05, 0) is 70.6 Å². The van der Waals surface area contributed by atoms with Crippen molar-refractivity contribution in [2.24, 2.45) is 5.16 Å². The predicted molar refractivity (Wildman–Crippen MR) is 157 cm³/mol. The monoisotopic (exact) mass is 583 g/mol. The first-order chi connectivity index (χ1) is 19.8. The van der Waals surface area contributed by atoms with Crippen molar-refractivity contribution >= 4 is 15.8 Å². The van der Waals surface area contributed by atoms with Crippen LogP contribution in [0.5, 0.6) is 0 Å². The number of oxime groups is 1. The highest BCUT2D eigenvalue weighted by Crippen LogP contribution is 2.38. The van der Waals surface area contributed by atoms with E-state index in [1.54, 1.807) is 42.5 Å². The molecule has 0 saturated carbocycles. The van der Waals surface area contributed by atoms with Gasteiger partial charge in [-0.25, -0.2) is 0 Å². The van der Waals surface area contributed by atoms with Crippen molar-refractivity contribution in [1.29, 1.82) is 0 Å². The molecule has 4 nitrogen and oxygen atoms in total. The van der Waals surface area contributed by atoms with E-state index in [4.69, 9.17) is 0 Å². The zero-order valence-electron chi connectivity index (χ0n) is 22.9. The Morgan fingerprint density at radius 2 is 1.07 bits per heavy atom. The molecule has 1 aliphatic rings. The molecule has 0 bridgehead atoms. The number of nitrogens with zero attached hydrogens (tertiary/aromatic N) is 1. The molecular formula is C34H24F3NO3S. The molecule has 0 spiro atoms. The quantitative estimate of drug-likeness (QED) is 0.124. The lowest BCUT2D eigenvalue weighted by atomic mass is 9.87. The predicted octanol–water partition coefficient (Wildman–Crippen LogP) is 7.38. The van der Waals surface area contributed by atoms with Crippen molar-refractivity contribution in [1.82, 2.24) is 0 Å². The fourth-order valence-corrected chi connectivity index (χ4v) is 4.59. The van der Waals surface area contributed by atoms with Gasteiger partial charge in [-0.1, -0.05) is 92.1 Å². The Balaban J connectivity index is 1.37. The third-order valence-electron chi connectivity index (χ3n) is 6.60. The molecule has 210 valence electrons. The number of hydrogen-bond donors (Lipinski definition) is 0. The summed E-state index contributed by atoms with van der Waals surface area (Å²) in [4.78, 5) is 0. The van der Waals surface area contributed by atoms with Crippen molar-refractivity contribution in [3.05, 3.63) is 130 Å². The molecule has 0 unspecified atom stereocenters. The van der Waals surface area contributed by atoms with Gasteiger partial charge in [0.2, 0.25) is 0 Å². The van der Waals surface area contributed by atoms with E-state index in [9.17, 15) is 21.6 Å². The van der Waals surface area contributed by atoms with E-state index in [1.165, 1.54) is 5.56 Å². The Hall–Kier alpha value is -4.79. The SMILES string of the molecule is CC(C)(C)c1ccc(C#Cc2ccc(C#Cc3ccc4c(c3)/C(=N\OS(=O)(=O)C(F)(F)F)c3ccccc3-4)cc2)cc1. The summed E-state index contributed by atoms with van der Waals surface area (Å²) in [6.07, 6.45) is 0. The van der Waals surface area contributed by atoms with E-state index in [0.29, 0.717) is 27.8 Å². The molecule has 0 N–H and O–H groups in total. The fraction of sp³-hybridized carbons (Fsp3) is 0.147. The van der Waals surface area contributed by atoms with Gasteiger partial charge >= 0.3 is 15.6 Å². The van der Waals surface area contributed by atoms with E-state index in [2.05, 4.69) is 66.0 Å². The van der Waals surface area contributed by atoms with Crippen LogP contribution in [0.1, 0.15) is 59.7 Å². The highest BCUT2D eigenvalue weighted by molar-refractivity contribution is 7.87. The third-order valence-corrected chi connectivity index (χ3v) is 7.43. The van der Waals surface area contributed by atoms with Gasteiger partial charge in [0.15, 0.2) is 0 Å². The molecule has 0 fully saturated rings. The molecule has 8 heteroatoms. The lowest BCUT2D eigenvalue weighted by molar-refractivity contribution is -0.0540. The van der Waals surface area contributed by atoms with Crippen LogP contribution in [0.25, 0.3) is 11.1 Å². The highest BCUT2D eigenvalue weighted by atomic mass is 32.2. The molecular weight excluding hydrogens is 559 g/mol. The zero-order chi connectivity index (χ0) is 30.1. The van der Waals surface area contributed by atoms with E-state index in [-0.39, 0.29) is 11.1 Å². The standard InChI is InChI=1S/C34H24F3NO3S/c1-33(2,3)27-19-16-25(17-20-27)13-12-23-8-10-24(11-9-23)14-15-26-18-21-29-28-6-4-5-7-30(28)32(31(29)22-26)38-41-42(39,40)34(35,36)37/h4-11,16-22H,1-3H3/b38-32-. The summed E-state index contributed by atoms with van der Waals surface area (Å²) in [5.74, 6) is 12.5. The second-order valence-corrected chi connectivity index (χ2v) is 12.1. The zero-order valence-corrected chi connectivity index (χ0v) is 23.7. The average molecular weight is 584 g/mol. The lowest BCUT2D eigenvalue weighted by Crippen LogP contribution is -2.24. The minimum atomic E-state index is -5.90. The molecule has 0 atom stereocenters. The number of halogens is 3. The molecule has 0 amide bonds. The summed E-state index contributed by atoms with van der Waals surface area (Å²) in [5, 5.41) is 3.41. The Morgan fingerprint density at radius 3 is 1.60 bits per heavy atom. The van der Waals surface area contributed by atoms with Gasteiger partial charge < -0.3 is 0 Å². The molecule has 0 aliphatic heterocycles. The minimum Gasteiger partial charge on any atom is -0.261 e. The van der Waals surface area contributed by atoms with Crippen LogP contribution in [-0.4, -0.2) is 19.6 Å². The van der Waals surface area contributed by atoms with Crippen LogP contribution in [0.15, 0.2) is 96.2 Å². The van der Waals surface area contributed by atoms with Crippen molar-refractivity contribution in [2.45, 2.75) is 31.7 Å². The molecule has 1 aliphatic carbocycles. The summed E-state index contributed by atoms with van der Waals surface area (Å²) < 4.78 is 65.4. The van der Waals surface area contributed by atoms with Crippen molar-refractivity contribution < 1.29 is 25.9 Å². The van der Waals surface area contributed by atoms with Gasteiger partial charge in [-0.3, -0.25) is 4.28 Å². The molecule has 0 aromatic heterocycles. The maximum atomic E-state index is 12.8. The minimum absolute atomic E-state index is 0.0203. The van der Waals surface area contributed by atoms with Crippen LogP contribution < -0.4 is 0 Å². The summed E-state index contributed by atoms with van der Waals surface area (Å²) >= 11 is 0. The van der Waals surface area contributed by atoms with Crippen LogP contribution in [0.2, 0.25) is 0 Å². The van der Waals surface area contributed by atoms with Gasteiger partial charge in [-0.15, -0.1) is 0 Å². The molecule has 4 aromatic rings. The Labute approximate surface area is 243 Å². The number of rotatable bonds is 2. The van der Waals surface area contributed by atoms with Gasteiger partial charge in [0.1, 0.15) is 5.71 Å². The average Bonchev–Trinajstić information content (AvgIpc) is 3.26. The molecule has 42 heavy (non-hydrogen) atoms. The molecule has 0 radical (unpaired) electrons. The number of alkyl halides is 3. The highest BCUT2D eigenvalue weighted by Gasteiger charge is 2.49. The topological polar surface area (TPSA) is 55.7 Å². The summed E-state index contributed by atoms with van der Waals surface area (Å²) in [7, 11) is -5.90. The van der Waals surface area contributed by atoms with Crippen LogP contribution >= 0.6 is 0 Å². The van der Waals surface area contributed by atoms with E-state index >= 15 is 0 Å². The number of hydrogen-bond acceptors (Lipinski definition) is 4. The summed E-state index contributed by atoms with van der Waals surface area (Å²) in [6, 6.07) is 27.7. The number of fused-ring (bicyclic) bond motifs is 3. The van der Waals surface area contributed by atoms with Crippen LogP contribution in [0, 0.1) is 23.7 Å². The second kappa shape index (κ2) is 10.9. The lowest BCUT2D eigenvalue weighted by Gasteiger charge is -2.18. The maximum Gasteiger partial charge on any atom is 0.536 e. The summed E-state index contributed by atoms with van der Waals surface area (Å²) in [6.45, 7) is 6.50. The molecule has 4 aromatic carbocycles. The van der Waals surface area contributed by atoms with Crippen molar-refractivity contribution in [3.8, 4) is 34.8 Å². The van der Waals surface area contributed by atoms with Crippen molar-refractivity contribution in [2.75, 3.05) is 0 Å². The van der Waals surface area contributed by atoms with Crippen molar-refractivity contribution in [3.63, 3.8) is 0 Å². The number of benzene rings is 4. The third kappa shape index (κ3) is 6.10. The molecule has 0 saturated heterocycles. The smallest absolute Gasteiger partial charge is 0.261 e. The van der Waals surface area contributed by atoms with E-state index in [1.807, 2.05) is 36.4 Å². The Morgan fingerprint density at radius 1 is 0.619 bits per heavy atom. The first-order valence-electron chi connectivity index (χ1n) is 12.9. The van der Waals surface area contributed by atoms with E-state index in [0.717, 1.165) is 16.7 Å². The van der Waals surface area contributed by atoms with Crippen LogP contribution in [0.4, 0.5) is 13.2 Å². The maximum absolute atomic E-state index is 12.8. The first kappa shape index (κ1) is 28.7. The van der Waals surface area contributed by atoms with Gasteiger partial charge in [-0.2, -0.15) is 21.6 Å². The van der Waals surface area contributed by atoms with E-state index < -0.39 is 15.6 Å². The first-order valence-corrected chi connectivity index (χ1v) is 14.3. The molecule has 0 heterocycles. The Bertz CT molecular complexity index is 1930. The van der Waals surface area contributed by atoms with Gasteiger partial charge in [0, 0.05) is 33.4 Å². The van der Waals surface area contributed by atoms with Crippen LogP contribution in [-0.2, 0) is 19.8 Å². The van der Waals surface area contributed by atoms with Gasteiger partial charge in [0.05, 0.1) is 0 Å². The summed E-state index contributed by atoms with van der Waals surface area (Å²) in [5.41, 5.74) is 1.03. The largest absolute Gasteiger partial charge is 0.536 e. The van der Waals surface area contributed by atoms with Gasteiger partial charge in [0.25, 0.3) is 0 Å². The molecule has 5 rings (SSSR count). The fourth-order valence-electron chi connectivity index (χ4n) is 4.33.